The van der Waals surface area contributed by atoms with E-state index in [-0.39, 0.29) is 17.1 Å². The molecule has 0 aliphatic heterocycles. The number of nitro groups is 1. The quantitative estimate of drug-likeness (QED) is 0.416. The molecule has 0 aliphatic rings. The summed E-state index contributed by atoms with van der Waals surface area (Å²) >= 11 is 0. The van der Waals surface area contributed by atoms with Crippen molar-refractivity contribution in [3.8, 4) is 0 Å². The Kier molecular flexibility index (Phi) is 4.89. The van der Waals surface area contributed by atoms with Crippen LogP contribution >= 0.6 is 0 Å². The number of hydrogen-bond donors (Lipinski definition) is 1. The van der Waals surface area contributed by atoms with Crippen molar-refractivity contribution >= 4 is 34.2 Å². The first-order valence-corrected chi connectivity index (χ1v) is 8.12. The average molecular weight is 368 g/mol. The van der Waals surface area contributed by atoms with Crippen LogP contribution in [0, 0.1) is 17.0 Å². The van der Waals surface area contributed by atoms with E-state index in [1.54, 1.807) is 25.1 Å². The van der Waals surface area contributed by atoms with Gasteiger partial charge in [0.25, 0.3) is 11.6 Å². The third-order valence-corrected chi connectivity index (χ3v) is 4.04. The lowest BCUT2D eigenvalue weighted by Crippen LogP contribution is -2.30. The highest BCUT2D eigenvalue weighted by atomic mass is 16.6. The van der Waals surface area contributed by atoms with Crippen molar-refractivity contribution < 1.29 is 23.7 Å². The van der Waals surface area contributed by atoms with E-state index in [0.717, 1.165) is 5.39 Å². The molecule has 3 aromatic rings. The van der Waals surface area contributed by atoms with Gasteiger partial charge < -0.3 is 14.5 Å². The molecular formula is C19H16N2O6. The molecule has 8 heteroatoms. The van der Waals surface area contributed by atoms with E-state index in [0.29, 0.717) is 11.1 Å². The summed E-state index contributed by atoms with van der Waals surface area (Å²) in [5.74, 6) is -1.46. The van der Waals surface area contributed by atoms with Crippen LogP contribution in [0.2, 0.25) is 0 Å². The fourth-order valence-corrected chi connectivity index (χ4v) is 2.61. The van der Waals surface area contributed by atoms with Crippen molar-refractivity contribution in [1.29, 1.82) is 0 Å². The van der Waals surface area contributed by atoms with Crippen molar-refractivity contribution in [2.24, 2.45) is 0 Å². The number of amides is 1. The molecular weight excluding hydrogens is 352 g/mol. The number of fused-ring (bicyclic) bond motifs is 1. The number of nitro benzene ring substituents is 1. The minimum Gasteiger partial charge on any atom is -0.449 e. The van der Waals surface area contributed by atoms with Gasteiger partial charge in [-0.15, -0.1) is 0 Å². The van der Waals surface area contributed by atoms with E-state index in [4.69, 9.17) is 9.15 Å². The number of benzene rings is 2. The summed E-state index contributed by atoms with van der Waals surface area (Å²) in [6.07, 6.45) is -1.18. The van der Waals surface area contributed by atoms with Gasteiger partial charge in [-0.2, -0.15) is 0 Å². The zero-order valence-corrected chi connectivity index (χ0v) is 14.6. The molecule has 1 amide bonds. The van der Waals surface area contributed by atoms with Crippen LogP contribution in [0.5, 0.6) is 0 Å². The van der Waals surface area contributed by atoms with Crippen molar-refractivity contribution in [2.45, 2.75) is 20.0 Å². The summed E-state index contributed by atoms with van der Waals surface area (Å²) in [6, 6.07) is 12.8. The van der Waals surface area contributed by atoms with Crippen LogP contribution in [-0.4, -0.2) is 22.9 Å². The van der Waals surface area contributed by atoms with Gasteiger partial charge in [-0.1, -0.05) is 30.3 Å². The van der Waals surface area contributed by atoms with Gasteiger partial charge in [-0.05, 0) is 26.0 Å². The van der Waals surface area contributed by atoms with E-state index in [9.17, 15) is 19.7 Å². The molecule has 0 spiro atoms. The topological polar surface area (TPSA) is 112 Å². The van der Waals surface area contributed by atoms with Gasteiger partial charge in [-0.25, -0.2) is 4.79 Å². The normalized spacial score (nSPS) is 11.8. The predicted molar refractivity (Wildman–Crippen MR) is 97.6 cm³/mol. The fraction of sp³-hybridized carbons (Fsp3) is 0.158. The molecule has 0 bridgehead atoms. The first kappa shape index (κ1) is 18.1. The Hall–Kier alpha value is -3.68. The SMILES string of the molecule is Cc1c(C(=O)O[C@H](C)C(=O)Nc2ccccc2[N+](=O)[O-])oc2ccccc12. The van der Waals surface area contributed by atoms with Crippen LogP contribution in [0.1, 0.15) is 23.0 Å². The van der Waals surface area contributed by atoms with Crippen molar-refractivity contribution in [3.05, 3.63) is 70.0 Å². The van der Waals surface area contributed by atoms with Gasteiger partial charge in [0.15, 0.2) is 6.10 Å². The van der Waals surface area contributed by atoms with E-state index in [1.807, 2.05) is 12.1 Å². The van der Waals surface area contributed by atoms with Crippen LogP contribution < -0.4 is 5.32 Å². The smallest absolute Gasteiger partial charge is 0.375 e. The molecule has 0 unspecified atom stereocenters. The second-order valence-corrected chi connectivity index (χ2v) is 5.86. The Bertz CT molecular complexity index is 1040. The molecule has 138 valence electrons. The number of carbonyl (C=O) groups excluding carboxylic acids is 2. The zero-order valence-electron chi connectivity index (χ0n) is 14.6. The van der Waals surface area contributed by atoms with Crippen LogP contribution in [0.25, 0.3) is 11.0 Å². The summed E-state index contributed by atoms with van der Waals surface area (Å²) in [7, 11) is 0. The number of ether oxygens (including phenoxy) is 1. The van der Waals surface area contributed by atoms with Crippen molar-refractivity contribution in [3.63, 3.8) is 0 Å². The highest BCUT2D eigenvalue weighted by Crippen LogP contribution is 2.26. The van der Waals surface area contributed by atoms with Crippen LogP contribution in [0.15, 0.2) is 52.9 Å². The number of nitrogens with zero attached hydrogens (tertiary/aromatic N) is 1. The molecule has 3 rings (SSSR count). The first-order valence-electron chi connectivity index (χ1n) is 8.12. The van der Waals surface area contributed by atoms with E-state index < -0.39 is 22.9 Å². The molecule has 0 aliphatic carbocycles. The summed E-state index contributed by atoms with van der Waals surface area (Å²) in [5.41, 5.74) is 0.925. The maximum absolute atomic E-state index is 12.4. The molecule has 0 saturated carbocycles. The number of para-hydroxylation sites is 3. The molecule has 0 radical (unpaired) electrons. The minimum absolute atomic E-state index is 0.0153. The first-order chi connectivity index (χ1) is 12.9. The Morgan fingerprint density at radius 2 is 1.81 bits per heavy atom. The maximum Gasteiger partial charge on any atom is 0.375 e. The number of hydrogen-bond acceptors (Lipinski definition) is 6. The minimum atomic E-state index is -1.18. The number of aryl methyl sites for hydroxylation is 1. The average Bonchev–Trinajstić information content (AvgIpc) is 2.99. The lowest BCUT2D eigenvalue weighted by atomic mass is 10.1. The summed E-state index contributed by atoms with van der Waals surface area (Å²) in [4.78, 5) is 35.1. The number of furan rings is 1. The molecule has 8 nitrogen and oxygen atoms in total. The van der Waals surface area contributed by atoms with Gasteiger partial charge in [0.05, 0.1) is 4.92 Å². The number of nitrogens with one attached hydrogen (secondary N) is 1. The van der Waals surface area contributed by atoms with Gasteiger partial charge >= 0.3 is 5.97 Å². The molecule has 1 N–H and O–H groups in total. The molecule has 1 heterocycles. The summed E-state index contributed by atoms with van der Waals surface area (Å²) < 4.78 is 10.7. The van der Waals surface area contributed by atoms with Crippen LogP contribution in [0.3, 0.4) is 0 Å². The predicted octanol–water partition coefficient (Wildman–Crippen LogP) is 3.83. The molecule has 2 aromatic carbocycles. The number of anilines is 1. The molecule has 0 saturated heterocycles. The van der Waals surface area contributed by atoms with E-state index >= 15 is 0 Å². The van der Waals surface area contributed by atoms with Gasteiger partial charge in [-0.3, -0.25) is 14.9 Å². The standard InChI is InChI=1S/C19H16N2O6/c1-11-13-7-3-6-10-16(13)27-17(11)19(23)26-12(2)18(22)20-14-8-4-5-9-15(14)21(24)25/h3-10,12H,1-2H3,(H,20,22)/t12-/m1/s1. The van der Waals surface area contributed by atoms with Gasteiger partial charge in [0.2, 0.25) is 5.76 Å². The fourth-order valence-electron chi connectivity index (χ4n) is 2.61. The number of esters is 1. The number of rotatable bonds is 5. The molecule has 27 heavy (non-hydrogen) atoms. The maximum atomic E-state index is 12.4. The Balaban J connectivity index is 1.73. The van der Waals surface area contributed by atoms with E-state index in [1.165, 1.54) is 25.1 Å². The highest BCUT2D eigenvalue weighted by molar-refractivity contribution is 6.00. The summed E-state index contributed by atoms with van der Waals surface area (Å²) in [6.45, 7) is 3.10. The lowest BCUT2D eigenvalue weighted by Gasteiger charge is -2.13. The monoisotopic (exact) mass is 368 g/mol. The third kappa shape index (κ3) is 3.64. The van der Waals surface area contributed by atoms with Crippen LogP contribution in [-0.2, 0) is 9.53 Å². The second-order valence-electron chi connectivity index (χ2n) is 5.86. The number of carbonyl (C=O) groups is 2. The van der Waals surface area contributed by atoms with Crippen molar-refractivity contribution in [2.75, 3.05) is 5.32 Å². The Morgan fingerprint density at radius 1 is 1.15 bits per heavy atom. The van der Waals surface area contributed by atoms with Crippen LogP contribution in [0.4, 0.5) is 11.4 Å². The second kappa shape index (κ2) is 7.28. The van der Waals surface area contributed by atoms with Gasteiger partial charge in [0.1, 0.15) is 11.3 Å². The van der Waals surface area contributed by atoms with Crippen molar-refractivity contribution in [1.82, 2.24) is 0 Å². The third-order valence-electron chi connectivity index (χ3n) is 4.04. The Morgan fingerprint density at radius 3 is 2.52 bits per heavy atom. The summed E-state index contributed by atoms with van der Waals surface area (Å²) in [5, 5.41) is 14.2. The zero-order chi connectivity index (χ0) is 19.6. The highest BCUT2D eigenvalue weighted by Gasteiger charge is 2.25. The largest absolute Gasteiger partial charge is 0.449 e. The molecule has 0 fully saturated rings. The Labute approximate surface area is 153 Å². The van der Waals surface area contributed by atoms with Gasteiger partial charge in [0, 0.05) is 17.0 Å². The molecule has 1 aromatic heterocycles. The van der Waals surface area contributed by atoms with E-state index in [2.05, 4.69) is 5.32 Å². The lowest BCUT2D eigenvalue weighted by molar-refractivity contribution is -0.383. The molecule has 1 atom stereocenters.